The molecule has 0 aliphatic carbocycles. The van der Waals surface area contributed by atoms with Gasteiger partial charge < -0.3 is 10.1 Å². The molecule has 34 heavy (non-hydrogen) atoms. The number of fused-ring (bicyclic) bond motifs is 1. The van der Waals surface area contributed by atoms with Crippen LogP contribution in [0.1, 0.15) is 0 Å². The monoisotopic (exact) mass is 522 g/mol. The van der Waals surface area contributed by atoms with E-state index in [9.17, 15) is 21.6 Å². The molecule has 2 aromatic carbocycles. The van der Waals surface area contributed by atoms with Crippen molar-refractivity contribution >= 4 is 54.7 Å². The lowest BCUT2D eigenvalue weighted by atomic mass is 10.2. The molecular formula is C21H19ClN4O6S2. The zero-order chi connectivity index (χ0) is 24.5. The highest BCUT2D eigenvalue weighted by Crippen LogP contribution is 2.37. The number of sulfonamides is 2. The van der Waals surface area contributed by atoms with Crippen molar-refractivity contribution in [3.05, 3.63) is 71.9 Å². The first-order chi connectivity index (χ1) is 16.0. The first-order valence-electron chi connectivity index (χ1n) is 9.82. The van der Waals surface area contributed by atoms with Crippen molar-refractivity contribution in [2.24, 2.45) is 0 Å². The molecule has 0 saturated carbocycles. The quantitative estimate of drug-likeness (QED) is 0.508. The lowest BCUT2D eigenvalue weighted by molar-refractivity contribution is -0.122. The Morgan fingerprint density at radius 1 is 1.09 bits per heavy atom. The van der Waals surface area contributed by atoms with E-state index < -0.39 is 32.1 Å². The summed E-state index contributed by atoms with van der Waals surface area (Å²) in [5.41, 5.74) is 0.548. The summed E-state index contributed by atoms with van der Waals surface area (Å²) < 4.78 is 58.7. The van der Waals surface area contributed by atoms with Crippen LogP contribution < -0.4 is 19.1 Å². The van der Waals surface area contributed by atoms with Crippen LogP contribution in [0.3, 0.4) is 0 Å². The second-order valence-electron chi connectivity index (χ2n) is 7.35. The molecule has 1 aromatic heterocycles. The summed E-state index contributed by atoms with van der Waals surface area (Å²) >= 11 is 5.98. The number of nitrogens with one attached hydrogen (secondary N) is 2. The summed E-state index contributed by atoms with van der Waals surface area (Å²) in [4.78, 5) is 16.7. The maximum Gasteiger partial charge on any atom is 0.267 e. The van der Waals surface area contributed by atoms with Gasteiger partial charge in [0.05, 0.1) is 23.4 Å². The van der Waals surface area contributed by atoms with Gasteiger partial charge in [-0.15, -0.1) is 0 Å². The smallest absolute Gasteiger partial charge is 0.267 e. The maximum atomic E-state index is 12.8. The van der Waals surface area contributed by atoms with Crippen LogP contribution in [0, 0.1) is 0 Å². The summed E-state index contributed by atoms with van der Waals surface area (Å²) in [5.74, 6) is -0.231. The van der Waals surface area contributed by atoms with Crippen molar-refractivity contribution in [3.8, 4) is 5.75 Å². The Kier molecular flexibility index (Phi) is 6.39. The van der Waals surface area contributed by atoms with Crippen LogP contribution in [-0.2, 0) is 24.8 Å². The van der Waals surface area contributed by atoms with E-state index in [0.29, 0.717) is 10.7 Å². The molecule has 0 radical (unpaired) electrons. The van der Waals surface area contributed by atoms with E-state index in [4.69, 9.17) is 16.3 Å². The van der Waals surface area contributed by atoms with Crippen molar-refractivity contribution in [1.29, 1.82) is 0 Å². The van der Waals surface area contributed by atoms with E-state index in [0.717, 1.165) is 10.6 Å². The zero-order valence-corrected chi connectivity index (χ0v) is 20.1. The SMILES string of the molecule is CS(=O)(=O)N1C[C@H](C(=O)Nc2ccc(S(=O)(=O)Nc3ccccn3)cc2)Oc2ccc(Cl)cc21. The van der Waals surface area contributed by atoms with Crippen LogP contribution in [0.25, 0.3) is 0 Å². The van der Waals surface area contributed by atoms with Gasteiger partial charge in [0.25, 0.3) is 15.9 Å². The van der Waals surface area contributed by atoms with Gasteiger partial charge in [0, 0.05) is 16.9 Å². The Morgan fingerprint density at radius 2 is 1.82 bits per heavy atom. The van der Waals surface area contributed by atoms with Gasteiger partial charge in [-0.1, -0.05) is 17.7 Å². The summed E-state index contributed by atoms with van der Waals surface area (Å²) in [5, 5.41) is 2.94. The molecule has 0 bridgehead atoms. The molecular weight excluding hydrogens is 504 g/mol. The summed E-state index contributed by atoms with van der Waals surface area (Å²) in [6, 6.07) is 14.8. The molecule has 4 rings (SSSR count). The van der Waals surface area contributed by atoms with Crippen molar-refractivity contribution in [2.45, 2.75) is 11.0 Å². The fourth-order valence-corrected chi connectivity index (χ4v) is 5.32. The molecule has 0 saturated heterocycles. The van der Waals surface area contributed by atoms with Crippen LogP contribution in [0.15, 0.2) is 71.8 Å². The van der Waals surface area contributed by atoms with Crippen LogP contribution in [0.2, 0.25) is 5.02 Å². The van der Waals surface area contributed by atoms with Gasteiger partial charge in [-0.2, -0.15) is 0 Å². The minimum absolute atomic E-state index is 0.0286. The molecule has 2 N–H and O–H groups in total. The van der Waals surface area contributed by atoms with Crippen LogP contribution in [-0.4, -0.2) is 46.6 Å². The Labute approximate surface area is 201 Å². The maximum absolute atomic E-state index is 12.8. The van der Waals surface area contributed by atoms with E-state index in [1.165, 1.54) is 54.7 Å². The Balaban J connectivity index is 1.49. The number of amides is 1. The average Bonchev–Trinajstić information content (AvgIpc) is 2.78. The van der Waals surface area contributed by atoms with E-state index in [2.05, 4.69) is 15.0 Å². The number of rotatable bonds is 6. The van der Waals surface area contributed by atoms with Crippen LogP contribution in [0.4, 0.5) is 17.2 Å². The molecule has 2 heterocycles. The third-order valence-corrected chi connectivity index (χ3v) is 7.57. The van der Waals surface area contributed by atoms with E-state index in [1.807, 2.05) is 0 Å². The molecule has 0 spiro atoms. The van der Waals surface area contributed by atoms with Crippen molar-refractivity contribution in [2.75, 3.05) is 27.1 Å². The number of carbonyl (C=O) groups is 1. The van der Waals surface area contributed by atoms with E-state index in [-0.39, 0.29) is 28.7 Å². The molecule has 178 valence electrons. The third-order valence-electron chi connectivity index (χ3n) is 4.82. The minimum atomic E-state index is -3.87. The lowest BCUT2D eigenvalue weighted by Gasteiger charge is -2.34. The topological polar surface area (TPSA) is 135 Å². The van der Waals surface area contributed by atoms with E-state index >= 15 is 0 Å². The molecule has 0 fully saturated rings. The first-order valence-corrected chi connectivity index (χ1v) is 13.5. The molecule has 1 atom stereocenters. The first kappa shape index (κ1) is 23.8. The molecule has 1 aliphatic heterocycles. The number of carbonyl (C=O) groups excluding carboxylic acids is 1. The number of nitrogens with zero attached hydrogens (tertiary/aromatic N) is 2. The van der Waals surface area contributed by atoms with Gasteiger partial charge in [-0.25, -0.2) is 21.8 Å². The molecule has 1 amide bonds. The molecule has 0 unspecified atom stereocenters. The van der Waals surface area contributed by atoms with Gasteiger partial charge in [0.1, 0.15) is 11.6 Å². The fraction of sp³-hybridized carbons (Fsp3) is 0.143. The zero-order valence-electron chi connectivity index (χ0n) is 17.7. The number of benzene rings is 2. The van der Waals surface area contributed by atoms with Gasteiger partial charge in [-0.3, -0.25) is 13.8 Å². The Morgan fingerprint density at radius 3 is 2.47 bits per heavy atom. The Hall–Kier alpha value is -3.35. The Bertz CT molecular complexity index is 1430. The number of aromatic nitrogens is 1. The fourth-order valence-electron chi connectivity index (χ4n) is 3.23. The number of pyridine rings is 1. The second-order valence-corrected chi connectivity index (χ2v) is 11.4. The summed E-state index contributed by atoms with van der Waals surface area (Å²) in [6.07, 6.45) is 1.34. The van der Waals surface area contributed by atoms with Gasteiger partial charge in [0.15, 0.2) is 6.10 Å². The van der Waals surface area contributed by atoms with Crippen molar-refractivity contribution in [3.63, 3.8) is 0 Å². The van der Waals surface area contributed by atoms with Crippen LogP contribution in [0.5, 0.6) is 5.75 Å². The minimum Gasteiger partial charge on any atom is -0.476 e. The highest BCUT2D eigenvalue weighted by molar-refractivity contribution is 7.92. The predicted molar refractivity (Wildman–Crippen MR) is 128 cm³/mol. The number of hydrogen-bond acceptors (Lipinski definition) is 7. The van der Waals surface area contributed by atoms with Crippen molar-refractivity contribution < 1.29 is 26.4 Å². The lowest BCUT2D eigenvalue weighted by Crippen LogP contribution is -2.48. The second kappa shape index (κ2) is 9.12. The van der Waals surface area contributed by atoms with E-state index in [1.54, 1.807) is 12.1 Å². The number of anilines is 3. The number of ether oxygens (including phenoxy) is 1. The standard InChI is InChI=1S/C21H19ClN4O6S2/c1-33(28,29)26-13-19(32-18-10-5-14(22)12-17(18)26)21(27)24-15-6-8-16(9-7-15)34(30,31)25-20-4-2-3-11-23-20/h2-12,19H,13H2,1H3,(H,23,25)(H,24,27)/t19-/m1/s1. The van der Waals surface area contributed by atoms with Gasteiger partial charge in [-0.05, 0) is 54.6 Å². The third kappa shape index (κ3) is 5.24. The highest BCUT2D eigenvalue weighted by Gasteiger charge is 2.35. The highest BCUT2D eigenvalue weighted by atomic mass is 35.5. The largest absolute Gasteiger partial charge is 0.476 e. The van der Waals surface area contributed by atoms with Crippen molar-refractivity contribution in [1.82, 2.24) is 4.98 Å². The molecule has 10 nitrogen and oxygen atoms in total. The summed E-state index contributed by atoms with van der Waals surface area (Å²) in [7, 11) is -7.58. The normalized spacial score (nSPS) is 15.7. The van der Waals surface area contributed by atoms with Gasteiger partial charge in [0.2, 0.25) is 10.0 Å². The molecule has 1 aliphatic rings. The average molecular weight is 523 g/mol. The summed E-state index contributed by atoms with van der Waals surface area (Å²) in [6.45, 7) is -0.252. The predicted octanol–water partition coefficient (Wildman–Crippen LogP) is 2.70. The number of halogens is 1. The molecule has 13 heteroatoms. The molecule has 3 aromatic rings. The number of hydrogen-bond donors (Lipinski definition) is 2. The van der Waals surface area contributed by atoms with Crippen LogP contribution >= 0.6 is 11.6 Å². The van der Waals surface area contributed by atoms with Gasteiger partial charge >= 0.3 is 0 Å².